The van der Waals surface area contributed by atoms with Crippen LogP contribution in [-0.2, 0) is 11.3 Å². The Balaban J connectivity index is 1.46. The minimum Gasteiger partial charge on any atom is -0.377 e. The van der Waals surface area contributed by atoms with Crippen LogP contribution in [0.5, 0.6) is 0 Å². The van der Waals surface area contributed by atoms with E-state index in [2.05, 4.69) is 21.2 Å². The Bertz CT molecular complexity index is 1300. The molecule has 0 unspecified atom stereocenters. The predicted octanol–water partition coefficient (Wildman–Crippen LogP) is 7.84. The van der Waals surface area contributed by atoms with Gasteiger partial charge < -0.3 is 10.1 Å². The van der Waals surface area contributed by atoms with Crippen molar-refractivity contribution in [2.45, 2.75) is 57.6 Å². The first-order valence-electron chi connectivity index (χ1n) is 13.1. The van der Waals surface area contributed by atoms with Crippen LogP contribution in [0.3, 0.4) is 0 Å². The SMILES string of the molecule is CCOCc1c(C(=O)NC23CC4CC(CC(C4)C2)C3)nn(-c2ccc(Cl)cc2Cl)c1-c1ccc(Br)cc1. The molecule has 1 heterocycles. The van der Waals surface area contributed by atoms with Crippen molar-refractivity contribution in [1.29, 1.82) is 0 Å². The molecule has 0 aliphatic heterocycles. The molecule has 4 aliphatic carbocycles. The third kappa shape index (κ3) is 4.87. The summed E-state index contributed by atoms with van der Waals surface area (Å²) in [6.45, 7) is 2.76. The van der Waals surface area contributed by atoms with E-state index in [1.165, 1.54) is 19.3 Å². The third-order valence-corrected chi connectivity index (χ3v) is 9.39. The van der Waals surface area contributed by atoms with Gasteiger partial charge in [0.15, 0.2) is 5.69 Å². The van der Waals surface area contributed by atoms with Gasteiger partial charge in [-0.05, 0) is 93.5 Å². The van der Waals surface area contributed by atoms with E-state index in [9.17, 15) is 4.79 Å². The summed E-state index contributed by atoms with van der Waals surface area (Å²) in [6, 6.07) is 13.3. The molecule has 3 aromatic rings. The second-order valence-electron chi connectivity index (χ2n) is 11.0. The van der Waals surface area contributed by atoms with Crippen LogP contribution in [0.2, 0.25) is 10.0 Å². The van der Waals surface area contributed by atoms with Gasteiger partial charge in [0, 0.05) is 32.8 Å². The monoisotopic (exact) mass is 601 g/mol. The number of nitrogens with one attached hydrogen (secondary N) is 1. The van der Waals surface area contributed by atoms with Gasteiger partial charge in [-0.15, -0.1) is 0 Å². The lowest BCUT2D eigenvalue weighted by atomic mass is 9.53. The van der Waals surface area contributed by atoms with Crippen LogP contribution in [0.1, 0.15) is 61.5 Å². The van der Waals surface area contributed by atoms with E-state index in [-0.39, 0.29) is 18.1 Å². The van der Waals surface area contributed by atoms with Gasteiger partial charge >= 0.3 is 0 Å². The lowest BCUT2D eigenvalue weighted by Gasteiger charge is -2.56. The Morgan fingerprint density at radius 1 is 1.08 bits per heavy atom. The minimum atomic E-state index is -0.126. The molecule has 1 N–H and O–H groups in total. The van der Waals surface area contributed by atoms with Crippen molar-refractivity contribution < 1.29 is 9.53 Å². The molecule has 8 heteroatoms. The van der Waals surface area contributed by atoms with Gasteiger partial charge in [-0.3, -0.25) is 4.79 Å². The number of aromatic nitrogens is 2. The van der Waals surface area contributed by atoms with E-state index < -0.39 is 0 Å². The number of benzene rings is 2. The van der Waals surface area contributed by atoms with Crippen molar-refractivity contribution in [3.8, 4) is 16.9 Å². The maximum Gasteiger partial charge on any atom is 0.272 e. The van der Waals surface area contributed by atoms with Gasteiger partial charge in [0.2, 0.25) is 0 Å². The van der Waals surface area contributed by atoms with E-state index >= 15 is 0 Å². The van der Waals surface area contributed by atoms with E-state index in [1.807, 2.05) is 37.3 Å². The fourth-order valence-electron chi connectivity index (χ4n) is 7.27. The second kappa shape index (κ2) is 10.0. The lowest BCUT2D eigenvalue weighted by Crippen LogP contribution is -2.60. The Morgan fingerprint density at radius 2 is 1.73 bits per heavy atom. The van der Waals surface area contributed by atoms with Crippen LogP contribution in [0.4, 0.5) is 0 Å². The highest BCUT2D eigenvalue weighted by atomic mass is 79.9. The highest BCUT2D eigenvalue weighted by Gasteiger charge is 2.51. The Morgan fingerprint density at radius 3 is 2.32 bits per heavy atom. The largest absolute Gasteiger partial charge is 0.377 e. The minimum absolute atomic E-state index is 0.117. The summed E-state index contributed by atoms with van der Waals surface area (Å²) in [4.78, 5) is 14.0. The van der Waals surface area contributed by atoms with Gasteiger partial charge in [0.1, 0.15) is 0 Å². The Hall–Kier alpha value is -1.86. The smallest absolute Gasteiger partial charge is 0.272 e. The van der Waals surface area contributed by atoms with Crippen LogP contribution in [-0.4, -0.2) is 27.8 Å². The number of amides is 1. The highest BCUT2D eigenvalue weighted by molar-refractivity contribution is 9.10. The lowest BCUT2D eigenvalue weighted by molar-refractivity contribution is -0.0168. The van der Waals surface area contributed by atoms with Crippen LogP contribution in [0.15, 0.2) is 46.9 Å². The standard InChI is InChI=1S/C29H30BrCl2N3O2/c1-2-37-16-23-26(28(36)33-29-13-17-9-18(14-29)11-19(10-17)15-29)34-35(25-8-7-22(31)12-24(25)32)27(23)20-3-5-21(30)6-4-20/h3-8,12,17-19H,2,9-11,13-16H2,1H3,(H,33,36). The zero-order valence-electron chi connectivity index (χ0n) is 20.8. The number of hydrogen-bond donors (Lipinski definition) is 1. The molecule has 0 spiro atoms. The number of carbonyl (C=O) groups excluding carboxylic acids is 1. The van der Waals surface area contributed by atoms with Crippen LogP contribution < -0.4 is 5.32 Å². The molecule has 2 aromatic carbocycles. The summed E-state index contributed by atoms with van der Waals surface area (Å²) >= 11 is 16.4. The zero-order valence-corrected chi connectivity index (χ0v) is 23.9. The summed E-state index contributed by atoms with van der Waals surface area (Å²) < 4.78 is 8.63. The molecule has 194 valence electrons. The number of halogens is 3. The Kier molecular flexibility index (Phi) is 6.89. The van der Waals surface area contributed by atoms with E-state index in [4.69, 9.17) is 33.0 Å². The van der Waals surface area contributed by atoms with Gasteiger partial charge in [-0.1, -0.05) is 51.3 Å². The fraction of sp³-hybridized carbons (Fsp3) is 0.448. The summed E-state index contributed by atoms with van der Waals surface area (Å²) in [7, 11) is 0. The number of rotatable bonds is 7. The van der Waals surface area contributed by atoms with E-state index in [1.54, 1.807) is 16.8 Å². The number of nitrogens with zero attached hydrogens (tertiary/aromatic N) is 2. The van der Waals surface area contributed by atoms with Gasteiger partial charge in [-0.2, -0.15) is 5.10 Å². The molecule has 7 rings (SSSR count). The van der Waals surface area contributed by atoms with Gasteiger partial charge in [0.25, 0.3) is 5.91 Å². The summed E-state index contributed by atoms with van der Waals surface area (Å²) in [5.41, 5.74) is 3.42. The van der Waals surface area contributed by atoms with Crippen LogP contribution in [0, 0.1) is 17.8 Å². The molecular weight excluding hydrogens is 573 g/mol. The maximum absolute atomic E-state index is 14.0. The summed E-state index contributed by atoms with van der Waals surface area (Å²) in [5, 5.41) is 9.41. The van der Waals surface area contributed by atoms with Crippen molar-refractivity contribution >= 4 is 45.0 Å². The van der Waals surface area contributed by atoms with Crippen molar-refractivity contribution in [1.82, 2.24) is 15.1 Å². The van der Waals surface area contributed by atoms with Crippen molar-refractivity contribution in [2.75, 3.05) is 6.61 Å². The number of hydrogen-bond acceptors (Lipinski definition) is 3. The molecule has 4 aliphatic rings. The highest BCUT2D eigenvalue weighted by Crippen LogP contribution is 2.55. The molecule has 0 radical (unpaired) electrons. The molecule has 1 aromatic heterocycles. The molecular formula is C29H30BrCl2N3O2. The third-order valence-electron chi connectivity index (χ3n) is 8.32. The molecule has 37 heavy (non-hydrogen) atoms. The summed E-state index contributed by atoms with van der Waals surface area (Å²) in [5.74, 6) is 2.08. The topological polar surface area (TPSA) is 56.1 Å². The Labute approximate surface area is 236 Å². The number of ether oxygens (including phenoxy) is 1. The van der Waals surface area contributed by atoms with Crippen LogP contribution in [0.25, 0.3) is 16.9 Å². The molecule has 5 nitrogen and oxygen atoms in total. The maximum atomic E-state index is 14.0. The quantitative estimate of drug-likeness (QED) is 0.300. The number of carbonyl (C=O) groups is 1. The average Bonchev–Trinajstić information content (AvgIpc) is 3.21. The van der Waals surface area contributed by atoms with E-state index in [0.717, 1.165) is 58.3 Å². The molecule has 0 atom stereocenters. The first-order valence-corrected chi connectivity index (χ1v) is 14.6. The predicted molar refractivity (Wildman–Crippen MR) is 150 cm³/mol. The normalized spacial score (nSPS) is 26.0. The van der Waals surface area contributed by atoms with Gasteiger partial charge in [0.05, 0.1) is 23.0 Å². The zero-order chi connectivity index (χ0) is 25.7. The summed E-state index contributed by atoms with van der Waals surface area (Å²) in [6.07, 6.45) is 7.20. The first kappa shape index (κ1) is 25.4. The van der Waals surface area contributed by atoms with Crippen molar-refractivity contribution in [3.05, 3.63) is 68.2 Å². The first-order chi connectivity index (χ1) is 17.8. The fourth-order valence-corrected chi connectivity index (χ4v) is 8.02. The van der Waals surface area contributed by atoms with Crippen LogP contribution >= 0.6 is 39.1 Å². The second-order valence-corrected chi connectivity index (χ2v) is 12.7. The molecule has 1 amide bonds. The molecule has 0 saturated heterocycles. The average molecular weight is 603 g/mol. The van der Waals surface area contributed by atoms with Crippen molar-refractivity contribution in [3.63, 3.8) is 0 Å². The molecule has 4 saturated carbocycles. The van der Waals surface area contributed by atoms with Gasteiger partial charge in [-0.25, -0.2) is 4.68 Å². The van der Waals surface area contributed by atoms with Crippen molar-refractivity contribution in [2.24, 2.45) is 17.8 Å². The molecule has 4 bridgehead atoms. The molecule has 4 fully saturated rings. The van der Waals surface area contributed by atoms with E-state index in [0.29, 0.717) is 28.0 Å².